The van der Waals surface area contributed by atoms with Crippen LogP contribution in [0.1, 0.15) is 58.8 Å². The largest absolute Gasteiger partial charge is 0.342 e. The lowest BCUT2D eigenvalue weighted by molar-refractivity contribution is -0.135. The summed E-state index contributed by atoms with van der Waals surface area (Å²) >= 11 is 0. The summed E-state index contributed by atoms with van der Waals surface area (Å²) in [5.41, 5.74) is 5.89. The van der Waals surface area contributed by atoms with Crippen LogP contribution in [-0.2, 0) is 4.79 Å². The van der Waals surface area contributed by atoms with Crippen LogP contribution >= 0.6 is 12.4 Å². The van der Waals surface area contributed by atoms with E-state index in [1.807, 2.05) is 0 Å². The summed E-state index contributed by atoms with van der Waals surface area (Å²) in [7, 11) is 0. The average Bonchev–Trinajstić information content (AvgIpc) is 2.75. The Kier molecular flexibility index (Phi) is 9.47. The molecule has 2 N–H and O–H groups in total. The maximum Gasteiger partial charge on any atom is 0.225 e. The van der Waals surface area contributed by atoms with Crippen LogP contribution in [0.4, 0.5) is 0 Å². The van der Waals surface area contributed by atoms with Crippen LogP contribution in [0.3, 0.4) is 0 Å². The van der Waals surface area contributed by atoms with E-state index in [0.29, 0.717) is 5.91 Å². The predicted octanol–water partition coefficient (Wildman–Crippen LogP) is 2.96. The lowest BCUT2D eigenvalue weighted by Crippen LogP contribution is -2.37. The number of halogens is 1. The highest BCUT2D eigenvalue weighted by Gasteiger charge is 2.30. The molecule has 2 unspecified atom stereocenters. The number of nitrogens with two attached hydrogens (primary N) is 1. The minimum atomic E-state index is 0. The van der Waals surface area contributed by atoms with Gasteiger partial charge in [-0.05, 0) is 32.1 Å². The minimum Gasteiger partial charge on any atom is -0.342 e. The van der Waals surface area contributed by atoms with E-state index in [9.17, 15) is 4.79 Å². The Labute approximate surface area is 118 Å². The fourth-order valence-corrected chi connectivity index (χ4v) is 2.53. The summed E-state index contributed by atoms with van der Waals surface area (Å²) in [6.07, 6.45) is 7.46. The smallest absolute Gasteiger partial charge is 0.225 e. The summed E-state index contributed by atoms with van der Waals surface area (Å²) in [6, 6.07) is 0.253. The number of nitrogens with zero attached hydrogens (tertiary/aromatic N) is 1. The Hall–Kier alpha value is -0.280. The second kappa shape index (κ2) is 9.62. The molecular formula is C14H29ClN2O. The molecule has 1 aliphatic rings. The van der Waals surface area contributed by atoms with Gasteiger partial charge >= 0.3 is 0 Å². The topological polar surface area (TPSA) is 46.3 Å². The van der Waals surface area contributed by atoms with Gasteiger partial charge in [-0.3, -0.25) is 4.79 Å². The zero-order chi connectivity index (χ0) is 12.7. The molecule has 0 spiro atoms. The third-order valence-corrected chi connectivity index (χ3v) is 3.70. The number of hydrogen-bond donors (Lipinski definition) is 1. The third kappa shape index (κ3) is 5.57. The molecule has 0 bridgehead atoms. The van der Waals surface area contributed by atoms with Crippen molar-refractivity contribution in [2.75, 3.05) is 13.1 Å². The van der Waals surface area contributed by atoms with Gasteiger partial charge in [0.15, 0.2) is 0 Å². The molecule has 0 heterocycles. The molecule has 1 saturated carbocycles. The molecule has 2 atom stereocenters. The van der Waals surface area contributed by atoms with Crippen molar-refractivity contribution in [3.05, 3.63) is 0 Å². The van der Waals surface area contributed by atoms with Crippen molar-refractivity contribution in [3.63, 3.8) is 0 Å². The molecule has 0 radical (unpaired) electrons. The average molecular weight is 277 g/mol. The van der Waals surface area contributed by atoms with Gasteiger partial charge in [0.1, 0.15) is 0 Å². The molecule has 1 rings (SSSR count). The van der Waals surface area contributed by atoms with Gasteiger partial charge < -0.3 is 10.6 Å². The zero-order valence-corrected chi connectivity index (χ0v) is 12.7. The van der Waals surface area contributed by atoms with E-state index in [4.69, 9.17) is 5.73 Å². The van der Waals surface area contributed by atoms with Gasteiger partial charge in [0, 0.05) is 25.0 Å². The molecule has 3 nitrogen and oxygen atoms in total. The highest BCUT2D eigenvalue weighted by molar-refractivity contribution is 5.85. The quantitative estimate of drug-likeness (QED) is 0.777. The van der Waals surface area contributed by atoms with Gasteiger partial charge in [-0.15, -0.1) is 12.4 Å². The van der Waals surface area contributed by atoms with E-state index in [0.717, 1.165) is 58.0 Å². The van der Waals surface area contributed by atoms with Crippen molar-refractivity contribution in [1.29, 1.82) is 0 Å². The van der Waals surface area contributed by atoms with Crippen molar-refractivity contribution < 1.29 is 4.79 Å². The first-order chi connectivity index (χ1) is 8.19. The summed E-state index contributed by atoms with van der Waals surface area (Å²) in [5.74, 6) is 0.568. The highest BCUT2D eigenvalue weighted by atomic mass is 35.5. The number of unbranched alkanes of at least 4 members (excludes halogenated alkanes) is 2. The number of carbonyl (C=O) groups excluding carboxylic acids is 1. The molecular weight excluding hydrogens is 248 g/mol. The molecule has 0 saturated heterocycles. The molecule has 1 aliphatic carbocycles. The first-order valence-electron chi connectivity index (χ1n) is 7.23. The van der Waals surface area contributed by atoms with Gasteiger partial charge in [-0.2, -0.15) is 0 Å². The van der Waals surface area contributed by atoms with Crippen LogP contribution in [0, 0.1) is 5.92 Å². The van der Waals surface area contributed by atoms with E-state index in [1.54, 1.807) is 0 Å². The molecule has 0 aromatic heterocycles. The summed E-state index contributed by atoms with van der Waals surface area (Å²) in [5, 5.41) is 0. The molecule has 108 valence electrons. The lowest BCUT2D eigenvalue weighted by atomic mass is 10.1. The number of amides is 1. The molecule has 0 aliphatic heterocycles. The van der Waals surface area contributed by atoms with Crippen molar-refractivity contribution in [2.45, 2.75) is 64.8 Å². The molecule has 18 heavy (non-hydrogen) atoms. The SMILES string of the molecule is CCCCN(CCCC)C(=O)C1CCC(N)C1.Cl. The van der Waals surface area contributed by atoms with Gasteiger partial charge in [-0.25, -0.2) is 0 Å². The summed E-state index contributed by atoms with van der Waals surface area (Å²) in [6.45, 7) is 6.21. The van der Waals surface area contributed by atoms with Crippen LogP contribution in [0.5, 0.6) is 0 Å². The Balaban J connectivity index is 0.00000289. The fraction of sp³-hybridized carbons (Fsp3) is 0.929. The van der Waals surface area contributed by atoms with Crippen molar-refractivity contribution in [1.82, 2.24) is 4.90 Å². The van der Waals surface area contributed by atoms with E-state index in [2.05, 4.69) is 18.7 Å². The molecule has 1 fully saturated rings. The summed E-state index contributed by atoms with van der Waals surface area (Å²) < 4.78 is 0. The van der Waals surface area contributed by atoms with Crippen LogP contribution in [0.15, 0.2) is 0 Å². The third-order valence-electron chi connectivity index (χ3n) is 3.70. The van der Waals surface area contributed by atoms with Gasteiger partial charge in [0.25, 0.3) is 0 Å². The monoisotopic (exact) mass is 276 g/mol. The Morgan fingerprint density at radius 2 is 1.72 bits per heavy atom. The van der Waals surface area contributed by atoms with E-state index in [-0.39, 0.29) is 24.4 Å². The Morgan fingerprint density at radius 3 is 2.11 bits per heavy atom. The van der Waals surface area contributed by atoms with Crippen LogP contribution < -0.4 is 5.73 Å². The minimum absolute atomic E-state index is 0. The molecule has 4 heteroatoms. The lowest BCUT2D eigenvalue weighted by Gasteiger charge is -2.25. The van der Waals surface area contributed by atoms with Crippen molar-refractivity contribution in [2.24, 2.45) is 11.7 Å². The highest BCUT2D eigenvalue weighted by Crippen LogP contribution is 2.26. The fourth-order valence-electron chi connectivity index (χ4n) is 2.53. The van der Waals surface area contributed by atoms with E-state index in [1.165, 1.54) is 0 Å². The maximum atomic E-state index is 12.4. The van der Waals surface area contributed by atoms with Crippen molar-refractivity contribution in [3.8, 4) is 0 Å². The molecule has 0 aromatic carbocycles. The van der Waals surface area contributed by atoms with Gasteiger partial charge in [-0.1, -0.05) is 26.7 Å². The van der Waals surface area contributed by atoms with Gasteiger partial charge in [0.2, 0.25) is 5.91 Å². The second-order valence-electron chi connectivity index (χ2n) is 5.30. The van der Waals surface area contributed by atoms with Crippen molar-refractivity contribution >= 4 is 18.3 Å². The normalized spacial score (nSPS) is 22.6. The first kappa shape index (κ1) is 17.7. The number of rotatable bonds is 7. The Morgan fingerprint density at radius 1 is 1.17 bits per heavy atom. The van der Waals surface area contributed by atoms with Gasteiger partial charge in [0.05, 0.1) is 0 Å². The first-order valence-corrected chi connectivity index (χ1v) is 7.23. The maximum absolute atomic E-state index is 12.4. The molecule has 0 aromatic rings. The molecule has 1 amide bonds. The number of carbonyl (C=O) groups is 1. The second-order valence-corrected chi connectivity index (χ2v) is 5.30. The van der Waals surface area contributed by atoms with Crippen LogP contribution in [-0.4, -0.2) is 29.9 Å². The van der Waals surface area contributed by atoms with Crippen LogP contribution in [0.25, 0.3) is 0 Å². The summed E-state index contributed by atoms with van der Waals surface area (Å²) in [4.78, 5) is 14.5. The van der Waals surface area contributed by atoms with Crippen LogP contribution in [0.2, 0.25) is 0 Å². The predicted molar refractivity (Wildman–Crippen MR) is 79.0 cm³/mol. The Bertz CT molecular complexity index is 228. The zero-order valence-electron chi connectivity index (χ0n) is 11.9. The number of hydrogen-bond acceptors (Lipinski definition) is 2. The van der Waals surface area contributed by atoms with E-state index < -0.39 is 0 Å². The van der Waals surface area contributed by atoms with E-state index >= 15 is 0 Å². The standard InChI is InChI=1S/C14H28N2O.ClH/c1-3-5-9-16(10-6-4-2)14(17)12-7-8-13(15)11-12;/h12-13H,3-11,15H2,1-2H3;1H.